The minimum Gasteiger partial charge on any atom is -0.481 e. The number of amides is 1. The van der Waals surface area contributed by atoms with Gasteiger partial charge in [0.15, 0.2) is 6.10 Å². The Labute approximate surface area is 166 Å². The van der Waals surface area contributed by atoms with Crippen LogP contribution in [0.2, 0.25) is 0 Å². The van der Waals surface area contributed by atoms with Crippen molar-refractivity contribution in [3.63, 3.8) is 0 Å². The normalized spacial score (nSPS) is 12.5. The fraction of sp³-hybridized carbons (Fsp3) is 0.278. The Morgan fingerprint density at radius 2 is 1.74 bits per heavy atom. The van der Waals surface area contributed by atoms with Crippen molar-refractivity contribution >= 4 is 37.5 Å². The van der Waals surface area contributed by atoms with Crippen molar-refractivity contribution in [2.24, 2.45) is 0 Å². The first kappa shape index (κ1) is 21.2. The van der Waals surface area contributed by atoms with Crippen molar-refractivity contribution in [2.75, 3.05) is 4.72 Å². The standard InChI is InChI=1S/C18H20BrFN2O4S/c1-11(2)21-18(23)12(3)26-14-5-7-15(8-6-14)27(24,25)22-17-9-4-13(19)10-16(17)20/h4-12,22H,1-3H3,(H,21,23)/t12-/m1/s1. The highest BCUT2D eigenvalue weighted by Gasteiger charge is 2.18. The van der Waals surface area contributed by atoms with E-state index in [0.717, 1.165) is 0 Å². The summed E-state index contributed by atoms with van der Waals surface area (Å²) in [5.41, 5.74) is -0.155. The lowest BCUT2D eigenvalue weighted by molar-refractivity contribution is -0.127. The first-order valence-corrected chi connectivity index (χ1v) is 10.4. The average molecular weight is 459 g/mol. The number of anilines is 1. The number of rotatable bonds is 7. The number of carbonyl (C=O) groups excluding carboxylic acids is 1. The van der Waals surface area contributed by atoms with Gasteiger partial charge in [-0.1, -0.05) is 15.9 Å². The van der Waals surface area contributed by atoms with Crippen LogP contribution < -0.4 is 14.8 Å². The molecule has 1 amide bonds. The number of hydrogen-bond donors (Lipinski definition) is 2. The average Bonchev–Trinajstić information content (AvgIpc) is 2.57. The van der Waals surface area contributed by atoms with Crippen LogP contribution in [0.5, 0.6) is 5.75 Å². The predicted octanol–water partition coefficient (Wildman–Crippen LogP) is 3.68. The highest BCUT2D eigenvalue weighted by atomic mass is 79.9. The third kappa shape index (κ3) is 5.93. The highest BCUT2D eigenvalue weighted by molar-refractivity contribution is 9.10. The summed E-state index contributed by atoms with van der Waals surface area (Å²) >= 11 is 3.11. The van der Waals surface area contributed by atoms with Crippen LogP contribution in [0.1, 0.15) is 20.8 Å². The van der Waals surface area contributed by atoms with E-state index in [1.165, 1.54) is 42.5 Å². The molecule has 0 bridgehead atoms. The minimum atomic E-state index is -3.97. The second-order valence-corrected chi connectivity index (χ2v) is 8.72. The lowest BCUT2D eigenvalue weighted by Crippen LogP contribution is -2.40. The Morgan fingerprint density at radius 3 is 2.30 bits per heavy atom. The third-order valence-electron chi connectivity index (χ3n) is 3.42. The van der Waals surface area contributed by atoms with E-state index in [9.17, 15) is 17.6 Å². The Balaban J connectivity index is 2.10. The summed E-state index contributed by atoms with van der Waals surface area (Å²) in [5.74, 6) is -0.623. The van der Waals surface area contributed by atoms with E-state index in [1.54, 1.807) is 6.92 Å². The van der Waals surface area contributed by atoms with E-state index >= 15 is 0 Å². The molecule has 0 aromatic heterocycles. The van der Waals surface area contributed by atoms with E-state index in [2.05, 4.69) is 26.0 Å². The van der Waals surface area contributed by atoms with Crippen LogP contribution in [0, 0.1) is 5.82 Å². The van der Waals surface area contributed by atoms with Crippen LogP contribution in [-0.4, -0.2) is 26.5 Å². The van der Waals surface area contributed by atoms with Gasteiger partial charge in [0.05, 0.1) is 10.6 Å². The van der Waals surface area contributed by atoms with Gasteiger partial charge in [0.1, 0.15) is 11.6 Å². The molecule has 0 unspecified atom stereocenters. The topological polar surface area (TPSA) is 84.5 Å². The molecule has 6 nitrogen and oxygen atoms in total. The van der Waals surface area contributed by atoms with Gasteiger partial charge in [-0.2, -0.15) is 0 Å². The van der Waals surface area contributed by atoms with E-state index in [4.69, 9.17) is 4.74 Å². The minimum absolute atomic E-state index is 0.0128. The molecule has 0 spiro atoms. The van der Waals surface area contributed by atoms with Gasteiger partial charge in [0.25, 0.3) is 15.9 Å². The van der Waals surface area contributed by atoms with Crippen molar-refractivity contribution in [1.82, 2.24) is 5.32 Å². The maximum absolute atomic E-state index is 13.9. The van der Waals surface area contributed by atoms with Crippen LogP contribution in [-0.2, 0) is 14.8 Å². The number of benzene rings is 2. The number of halogens is 2. The van der Waals surface area contributed by atoms with E-state index in [-0.39, 0.29) is 22.5 Å². The van der Waals surface area contributed by atoms with Gasteiger partial charge in [-0.15, -0.1) is 0 Å². The van der Waals surface area contributed by atoms with Crippen molar-refractivity contribution in [2.45, 2.75) is 37.8 Å². The highest BCUT2D eigenvalue weighted by Crippen LogP contribution is 2.24. The number of ether oxygens (including phenoxy) is 1. The fourth-order valence-corrected chi connectivity index (χ4v) is 3.53. The van der Waals surface area contributed by atoms with Gasteiger partial charge in [0, 0.05) is 10.5 Å². The molecule has 146 valence electrons. The number of sulfonamides is 1. The Hall–Kier alpha value is -2.13. The van der Waals surface area contributed by atoms with Crippen molar-refractivity contribution in [1.29, 1.82) is 0 Å². The smallest absolute Gasteiger partial charge is 0.261 e. The fourth-order valence-electron chi connectivity index (χ4n) is 2.13. The second kappa shape index (κ2) is 8.71. The summed E-state index contributed by atoms with van der Waals surface area (Å²) in [6.07, 6.45) is -0.732. The maximum Gasteiger partial charge on any atom is 0.261 e. The SMILES string of the molecule is CC(C)NC(=O)[C@@H](C)Oc1ccc(S(=O)(=O)Nc2ccc(Br)cc2F)cc1. The van der Waals surface area contributed by atoms with Gasteiger partial charge < -0.3 is 10.1 Å². The molecule has 0 aliphatic carbocycles. The second-order valence-electron chi connectivity index (χ2n) is 6.12. The number of nitrogens with one attached hydrogen (secondary N) is 2. The predicted molar refractivity (Wildman–Crippen MR) is 105 cm³/mol. The zero-order valence-electron chi connectivity index (χ0n) is 15.0. The van der Waals surface area contributed by atoms with Gasteiger partial charge in [-0.25, -0.2) is 12.8 Å². The summed E-state index contributed by atoms with van der Waals surface area (Å²) in [6, 6.07) is 9.52. The molecule has 1 atom stereocenters. The molecule has 0 saturated carbocycles. The van der Waals surface area contributed by atoms with E-state index < -0.39 is 21.9 Å². The van der Waals surface area contributed by atoms with Gasteiger partial charge in [-0.05, 0) is 63.2 Å². The van der Waals surface area contributed by atoms with Crippen molar-refractivity contribution < 1.29 is 22.3 Å². The maximum atomic E-state index is 13.9. The first-order chi connectivity index (χ1) is 12.6. The molecule has 2 aromatic rings. The van der Waals surface area contributed by atoms with Crippen LogP contribution in [0.15, 0.2) is 51.8 Å². The molecule has 0 radical (unpaired) electrons. The zero-order chi connectivity index (χ0) is 20.2. The molecule has 0 aliphatic heterocycles. The summed E-state index contributed by atoms with van der Waals surface area (Å²) in [5, 5.41) is 2.73. The van der Waals surface area contributed by atoms with Crippen molar-refractivity contribution in [3.05, 3.63) is 52.8 Å². The van der Waals surface area contributed by atoms with Crippen LogP contribution in [0.3, 0.4) is 0 Å². The quantitative estimate of drug-likeness (QED) is 0.662. The third-order valence-corrected chi connectivity index (χ3v) is 5.30. The largest absolute Gasteiger partial charge is 0.481 e. The summed E-state index contributed by atoms with van der Waals surface area (Å²) in [7, 11) is -3.97. The molecule has 2 N–H and O–H groups in total. The first-order valence-electron chi connectivity index (χ1n) is 8.13. The lowest BCUT2D eigenvalue weighted by Gasteiger charge is -2.16. The van der Waals surface area contributed by atoms with Gasteiger partial charge >= 0.3 is 0 Å². The number of hydrogen-bond acceptors (Lipinski definition) is 4. The van der Waals surface area contributed by atoms with Crippen molar-refractivity contribution in [3.8, 4) is 5.75 Å². The van der Waals surface area contributed by atoms with E-state index in [0.29, 0.717) is 10.2 Å². The molecule has 9 heteroatoms. The molecule has 2 aromatic carbocycles. The Bertz CT molecular complexity index is 917. The monoisotopic (exact) mass is 458 g/mol. The van der Waals surface area contributed by atoms with Gasteiger partial charge in [0.2, 0.25) is 0 Å². The lowest BCUT2D eigenvalue weighted by atomic mass is 10.3. The summed E-state index contributed by atoms with van der Waals surface area (Å²) in [4.78, 5) is 11.8. The van der Waals surface area contributed by atoms with Crippen LogP contribution in [0.25, 0.3) is 0 Å². The molecular formula is C18H20BrFN2O4S. The Kier molecular flexibility index (Phi) is 6.83. The number of carbonyl (C=O) groups is 1. The summed E-state index contributed by atoms with van der Waals surface area (Å²) in [6.45, 7) is 5.28. The molecule has 27 heavy (non-hydrogen) atoms. The molecule has 0 aliphatic rings. The van der Waals surface area contributed by atoms with Crippen LogP contribution in [0.4, 0.5) is 10.1 Å². The zero-order valence-corrected chi connectivity index (χ0v) is 17.4. The summed E-state index contributed by atoms with van der Waals surface area (Å²) < 4.78 is 46.9. The Morgan fingerprint density at radius 1 is 1.11 bits per heavy atom. The van der Waals surface area contributed by atoms with Crippen LogP contribution >= 0.6 is 15.9 Å². The molecule has 0 heterocycles. The molecule has 0 saturated heterocycles. The molecule has 0 fully saturated rings. The van der Waals surface area contributed by atoms with E-state index in [1.807, 2.05) is 13.8 Å². The molecular weight excluding hydrogens is 439 g/mol. The molecule has 2 rings (SSSR count). The van der Waals surface area contributed by atoms with Gasteiger partial charge in [-0.3, -0.25) is 9.52 Å².